The van der Waals surface area contributed by atoms with Crippen LogP contribution < -0.4 is 5.32 Å². The third-order valence-corrected chi connectivity index (χ3v) is 6.46. The minimum Gasteiger partial charge on any atom is -0.349 e. The van der Waals surface area contributed by atoms with Crippen molar-refractivity contribution in [3.05, 3.63) is 94.0 Å². The van der Waals surface area contributed by atoms with Crippen LogP contribution in [0.4, 0.5) is 5.95 Å². The first-order valence-corrected chi connectivity index (χ1v) is 11.0. The number of rotatable bonds is 3. The quantitative estimate of drug-likeness (QED) is 0.365. The molecule has 0 saturated carbocycles. The summed E-state index contributed by atoms with van der Waals surface area (Å²) in [6.07, 6.45) is 0.982. The molecule has 0 saturated heterocycles. The number of imidazole rings is 1. The molecule has 0 fully saturated rings. The summed E-state index contributed by atoms with van der Waals surface area (Å²) < 4.78 is 3.47. The van der Waals surface area contributed by atoms with Gasteiger partial charge in [0.05, 0.1) is 23.1 Å². The minimum absolute atomic E-state index is 0.224. The number of nitrogens with zero attached hydrogens (tertiary/aromatic N) is 2. The molecule has 0 spiro atoms. The molecule has 2 heterocycles. The van der Waals surface area contributed by atoms with Crippen molar-refractivity contribution in [3.63, 3.8) is 0 Å². The summed E-state index contributed by atoms with van der Waals surface area (Å²) in [4.78, 5) is 4.91. The molecular formula is C25H24BrN3. The summed E-state index contributed by atoms with van der Waals surface area (Å²) in [7, 11) is 0. The number of anilines is 1. The number of fused-ring (bicyclic) bond motifs is 3. The van der Waals surface area contributed by atoms with Gasteiger partial charge in [0, 0.05) is 4.47 Å². The van der Waals surface area contributed by atoms with Crippen LogP contribution >= 0.6 is 15.9 Å². The molecule has 1 aliphatic rings. The van der Waals surface area contributed by atoms with Crippen LogP contribution in [0, 0.1) is 0 Å². The molecule has 0 bridgehead atoms. The third kappa shape index (κ3) is 3.36. The van der Waals surface area contributed by atoms with Crippen LogP contribution in [0.3, 0.4) is 0 Å². The van der Waals surface area contributed by atoms with Gasteiger partial charge < -0.3 is 9.88 Å². The Morgan fingerprint density at radius 3 is 2.34 bits per heavy atom. The first kappa shape index (κ1) is 18.4. The average Bonchev–Trinajstić information content (AvgIpc) is 3.12. The second-order valence-corrected chi connectivity index (χ2v) is 9.03. The van der Waals surface area contributed by atoms with Crippen molar-refractivity contribution < 1.29 is 0 Å². The predicted octanol–water partition coefficient (Wildman–Crippen LogP) is 7.07. The maximum atomic E-state index is 4.91. The summed E-state index contributed by atoms with van der Waals surface area (Å²) in [6.45, 7) is 4.48. The van der Waals surface area contributed by atoms with Gasteiger partial charge in [-0.15, -0.1) is 0 Å². The van der Waals surface area contributed by atoms with Crippen molar-refractivity contribution in [1.29, 1.82) is 0 Å². The van der Waals surface area contributed by atoms with Crippen molar-refractivity contribution in [2.24, 2.45) is 0 Å². The van der Waals surface area contributed by atoms with Crippen molar-refractivity contribution in [2.75, 3.05) is 5.32 Å². The molecule has 0 amide bonds. The zero-order chi connectivity index (χ0) is 20.0. The lowest BCUT2D eigenvalue weighted by atomic mass is 9.91. The Morgan fingerprint density at radius 1 is 0.931 bits per heavy atom. The lowest BCUT2D eigenvalue weighted by Gasteiger charge is -2.33. The number of hydrogen-bond donors (Lipinski definition) is 1. The number of nitrogens with one attached hydrogen (secondary N) is 1. The second-order valence-electron chi connectivity index (χ2n) is 8.12. The molecule has 0 aliphatic carbocycles. The molecule has 146 valence electrons. The van der Waals surface area contributed by atoms with E-state index in [1.165, 1.54) is 22.2 Å². The first-order valence-electron chi connectivity index (χ1n) is 10.2. The van der Waals surface area contributed by atoms with Gasteiger partial charge in [0.1, 0.15) is 0 Å². The molecule has 4 heteroatoms. The van der Waals surface area contributed by atoms with E-state index >= 15 is 0 Å². The maximum Gasteiger partial charge on any atom is 0.204 e. The van der Waals surface area contributed by atoms with Crippen LogP contribution in [-0.4, -0.2) is 9.55 Å². The molecule has 29 heavy (non-hydrogen) atoms. The van der Waals surface area contributed by atoms with Crippen molar-refractivity contribution in [1.82, 2.24) is 9.55 Å². The fraction of sp³-hybridized carbons (Fsp3) is 0.240. The van der Waals surface area contributed by atoms with E-state index in [-0.39, 0.29) is 12.1 Å². The zero-order valence-corrected chi connectivity index (χ0v) is 18.2. The normalized spacial score (nSPS) is 18.6. The number of para-hydroxylation sites is 2. The fourth-order valence-electron chi connectivity index (χ4n) is 4.31. The van der Waals surface area contributed by atoms with Crippen LogP contribution in [0.15, 0.2) is 77.3 Å². The van der Waals surface area contributed by atoms with Gasteiger partial charge in [-0.3, -0.25) is 0 Å². The van der Waals surface area contributed by atoms with Crippen LogP contribution in [0.25, 0.3) is 11.0 Å². The summed E-state index contributed by atoms with van der Waals surface area (Å²) in [6, 6.07) is 26.6. The van der Waals surface area contributed by atoms with E-state index in [2.05, 4.69) is 112 Å². The molecule has 1 N–H and O–H groups in total. The van der Waals surface area contributed by atoms with Crippen LogP contribution in [0.2, 0.25) is 0 Å². The molecule has 4 aromatic rings. The van der Waals surface area contributed by atoms with Gasteiger partial charge in [-0.2, -0.15) is 0 Å². The molecule has 3 aromatic carbocycles. The number of benzene rings is 3. The Morgan fingerprint density at radius 2 is 1.62 bits per heavy atom. The van der Waals surface area contributed by atoms with Gasteiger partial charge in [-0.25, -0.2) is 4.98 Å². The minimum atomic E-state index is 0.224. The highest BCUT2D eigenvalue weighted by Crippen LogP contribution is 2.41. The molecule has 3 nitrogen and oxygen atoms in total. The van der Waals surface area contributed by atoms with Crippen LogP contribution in [0.1, 0.15) is 55.0 Å². The van der Waals surface area contributed by atoms with E-state index in [9.17, 15) is 0 Å². The third-order valence-electron chi connectivity index (χ3n) is 5.93. The van der Waals surface area contributed by atoms with Crippen LogP contribution in [-0.2, 0) is 0 Å². The van der Waals surface area contributed by atoms with Crippen molar-refractivity contribution in [2.45, 2.75) is 38.3 Å². The van der Waals surface area contributed by atoms with Gasteiger partial charge in [-0.05, 0) is 53.3 Å². The summed E-state index contributed by atoms with van der Waals surface area (Å²) in [5.41, 5.74) is 6.22. The van der Waals surface area contributed by atoms with E-state index in [1.54, 1.807) is 0 Å². The second kappa shape index (κ2) is 7.34. The number of hydrogen-bond acceptors (Lipinski definition) is 2. The highest BCUT2D eigenvalue weighted by Gasteiger charge is 2.30. The standard InChI is InChI=1S/C25H24BrN3/c1-16(2)17-7-9-19(10-8-17)24-15-22(18-11-13-20(26)14-12-18)28-25-27-21-5-3-4-6-23(21)29(24)25/h3-14,16,22,24H,15H2,1-2H3,(H,27,28)/t22-,24-/m0/s1. The van der Waals surface area contributed by atoms with E-state index < -0.39 is 0 Å². The Hall–Kier alpha value is -2.59. The molecule has 0 radical (unpaired) electrons. The van der Waals surface area contributed by atoms with E-state index in [0.29, 0.717) is 5.92 Å². The fourth-order valence-corrected chi connectivity index (χ4v) is 4.57. The molecular weight excluding hydrogens is 422 g/mol. The van der Waals surface area contributed by atoms with Crippen molar-refractivity contribution >= 4 is 32.9 Å². The van der Waals surface area contributed by atoms with Gasteiger partial charge in [0.2, 0.25) is 5.95 Å². The van der Waals surface area contributed by atoms with Crippen molar-refractivity contribution in [3.8, 4) is 0 Å². The van der Waals surface area contributed by atoms with Gasteiger partial charge in [0.15, 0.2) is 0 Å². The lowest BCUT2D eigenvalue weighted by Crippen LogP contribution is -2.27. The number of halogens is 1. The Balaban J connectivity index is 1.62. The van der Waals surface area contributed by atoms with Crippen LogP contribution in [0.5, 0.6) is 0 Å². The van der Waals surface area contributed by atoms with Gasteiger partial charge in [-0.1, -0.05) is 78.3 Å². The van der Waals surface area contributed by atoms with E-state index in [1.807, 2.05) is 0 Å². The van der Waals surface area contributed by atoms with E-state index in [0.717, 1.165) is 22.4 Å². The summed E-state index contributed by atoms with van der Waals surface area (Å²) in [5.74, 6) is 1.49. The summed E-state index contributed by atoms with van der Waals surface area (Å²) >= 11 is 3.55. The SMILES string of the molecule is CC(C)c1ccc([C@@H]2C[C@@H](c3ccc(Br)cc3)Nc3nc4ccccc4n32)cc1. The summed E-state index contributed by atoms with van der Waals surface area (Å²) in [5, 5.41) is 3.69. The average molecular weight is 446 g/mol. The maximum absolute atomic E-state index is 4.91. The Bertz CT molecular complexity index is 1140. The predicted molar refractivity (Wildman–Crippen MR) is 124 cm³/mol. The molecule has 5 rings (SSSR count). The first-order chi connectivity index (χ1) is 14.1. The van der Waals surface area contributed by atoms with E-state index in [4.69, 9.17) is 4.98 Å². The molecule has 0 unspecified atom stereocenters. The van der Waals surface area contributed by atoms with Gasteiger partial charge >= 0.3 is 0 Å². The highest BCUT2D eigenvalue weighted by atomic mass is 79.9. The Kier molecular flexibility index (Phi) is 4.67. The van der Waals surface area contributed by atoms with Gasteiger partial charge in [0.25, 0.3) is 0 Å². The lowest BCUT2D eigenvalue weighted by molar-refractivity contribution is 0.477. The Labute approximate surface area is 179 Å². The molecule has 1 aromatic heterocycles. The smallest absolute Gasteiger partial charge is 0.204 e. The molecule has 2 atom stereocenters. The largest absolute Gasteiger partial charge is 0.349 e. The zero-order valence-electron chi connectivity index (χ0n) is 16.6. The highest BCUT2D eigenvalue weighted by molar-refractivity contribution is 9.10. The topological polar surface area (TPSA) is 29.9 Å². The molecule has 1 aliphatic heterocycles. The number of aromatic nitrogens is 2. The monoisotopic (exact) mass is 445 g/mol.